The fraction of sp³-hybridized carbons (Fsp3) is 0.538. The van der Waals surface area contributed by atoms with Crippen molar-refractivity contribution in [2.45, 2.75) is 12.0 Å². The summed E-state index contributed by atoms with van der Waals surface area (Å²) >= 11 is 0. The molecule has 2 rings (SSSR count). The van der Waals surface area contributed by atoms with Gasteiger partial charge in [0.1, 0.15) is 0 Å². The second-order valence-electron chi connectivity index (χ2n) is 4.62. The molecule has 0 saturated carbocycles. The van der Waals surface area contributed by atoms with Gasteiger partial charge in [-0.05, 0) is 25.2 Å². The molecule has 1 atom stereocenters. The number of nitrogens with one attached hydrogen (secondary N) is 1. The van der Waals surface area contributed by atoms with Crippen LogP contribution in [0.4, 0.5) is 0 Å². The molecule has 2 N–H and O–H groups in total. The highest BCUT2D eigenvalue weighted by molar-refractivity contribution is 5.34. The minimum Gasteiger partial charge on any atom is -0.387 e. The van der Waals surface area contributed by atoms with Crippen molar-refractivity contribution >= 4 is 0 Å². The molecule has 0 aromatic heterocycles. The van der Waals surface area contributed by atoms with E-state index in [0.29, 0.717) is 12.5 Å². The molecule has 3 nitrogen and oxygen atoms in total. The van der Waals surface area contributed by atoms with Gasteiger partial charge in [0.05, 0.1) is 6.10 Å². The number of aliphatic hydroxyl groups excluding tert-OH is 1. The average molecular weight is 220 g/mol. The van der Waals surface area contributed by atoms with Gasteiger partial charge in [-0.15, -0.1) is 0 Å². The van der Waals surface area contributed by atoms with Crippen molar-refractivity contribution in [1.82, 2.24) is 10.2 Å². The first-order valence-electron chi connectivity index (χ1n) is 5.82. The molecule has 1 fully saturated rings. The van der Waals surface area contributed by atoms with E-state index in [4.69, 9.17) is 0 Å². The average Bonchev–Trinajstić information content (AvgIpc) is 2.25. The lowest BCUT2D eigenvalue weighted by Crippen LogP contribution is -2.42. The van der Waals surface area contributed by atoms with Crippen molar-refractivity contribution < 1.29 is 5.11 Å². The van der Waals surface area contributed by atoms with Crippen LogP contribution in [0.15, 0.2) is 24.3 Å². The van der Waals surface area contributed by atoms with E-state index >= 15 is 0 Å². The Morgan fingerprint density at radius 2 is 2.12 bits per heavy atom. The molecule has 16 heavy (non-hydrogen) atoms. The second kappa shape index (κ2) is 4.95. The largest absolute Gasteiger partial charge is 0.387 e. The number of hydrogen-bond acceptors (Lipinski definition) is 3. The maximum atomic E-state index is 10.1. The summed E-state index contributed by atoms with van der Waals surface area (Å²) in [6, 6.07) is 8.24. The van der Waals surface area contributed by atoms with E-state index in [2.05, 4.69) is 29.4 Å². The zero-order chi connectivity index (χ0) is 11.5. The minimum absolute atomic E-state index is 0.396. The number of likely N-dealkylation sites (tertiary alicyclic amines) is 1. The molecule has 0 radical (unpaired) electrons. The summed E-state index contributed by atoms with van der Waals surface area (Å²) in [6.45, 7) is 2.81. The van der Waals surface area contributed by atoms with Crippen LogP contribution in [0.2, 0.25) is 0 Å². The Kier molecular flexibility index (Phi) is 3.59. The van der Waals surface area contributed by atoms with Gasteiger partial charge in [0.15, 0.2) is 0 Å². The molecule has 88 valence electrons. The summed E-state index contributed by atoms with van der Waals surface area (Å²) in [4.78, 5) is 2.30. The summed E-state index contributed by atoms with van der Waals surface area (Å²) in [7, 11) is 3.99. The minimum atomic E-state index is -0.396. The summed E-state index contributed by atoms with van der Waals surface area (Å²) in [5.41, 5.74) is 2.39. The molecule has 0 amide bonds. The summed E-state index contributed by atoms with van der Waals surface area (Å²) in [6.07, 6.45) is -0.396. The van der Waals surface area contributed by atoms with Crippen LogP contribution in [-0.2, 0) is 0 Å². The van der Waals surface area contributed by atoms with E-state index in [1.54, 1.807) is 0 Å². The summed E-state index contributed by atoms with van der Waals surface area (Å²) in [5.74, 6) is 0.590. The number of hydrogen-bond donors (Lipinski definition) is 2. The first kappa shape index (κ1) is 11.6. The molecule has 1 aliphatic heterocycles. The number of likely N-dealkylation sites (N-methyl/N-ethyl adjacent to an activating group) is 2. The number of nitrogens with zero attached hydrogens (tertiary/aromatic N) is 1. The van der Waals surface area contributed by atoms with Crippen molar-refractivity contribution in [1.29, 1.82) is 0 Å². The topological polar surface area (TPSA) is 35.5 Å². The van der Waals surface area contributed by atoms with Crippen molar-refractivity contribution in [3.05, 3.63) is 35.4 Å². The van der Waals surface area contributed by atoms with E-state index in [1.165, 1.54) is 5.56 Å². The van der Waals surface area contributed by atoms with E-state index in [1.807, 2.05) is 19.2 Å². The molecule has 1 aromatic carbocycles. The maximum Gasteiger partial charge on any atom is 0.0917 e. The first-order chi connectivity index (χ1) is 7.72. The van der Waals surface area contributed by atoms with Crippen LogP contribution in [0.5, 0.6) is 0 Å². The molecule has 1 aromatic rings. The monoisotopic (exact) mass is 220 g/mol. The Balaban J connectivity index is 2.17. The molecular weight excluding hydrogens is 200 g/mol. The van der Waals surface area contributed by atoms with Crippen LogP contribution in [0.3, 0.4) is 0 Å². The van der Waals surface area contributed by atoms with Gasteiger partial charge in [-0.25, -0.2) is 0 Å². The lowest BCUT2D eigenvalue weighted by atomic mass is 9.87. The highest BCUT2D eigenvalue weighted by atomic mass is 16.3. The smallest absolute Gasteiger partial charge is 0.0917 e. The number of benzene rings is 1. The van der Waals surface area contributed by atoms with E-state index in [-0.39, 0.29) is 0 Å². The molecule has 1 saturated heterocycles. The van der Waals surface area contributed by atoms with E-state index in [9.17, 15) is 5.11 Å². The lowest BCUT2D eigenvalue weighted by molar-refractivity contribution is 0.164. The Morgan fingerprint density at radius 1 is 1.44 bits per heavy atom. The Bertz CT molecular complexity index is 324. The maximum absolute atomic E-state index is 10.1. The molecule has 0 bridgehead atoms. The van der Waals surface area contributed by atoms with Gasteiger partial charge in [0, 0.05) is 25.6 Å². The fourth-order valence-corrected chi connectivity index (χ4v) is 2.39. The van der Waals surface area contributed by atoms with Crippen LogP contribution in [0.25, 0.3) is 0 Å². The van der Waals surface area contributed by atoms with Gasteiger partial charge in [-0.1, -0.05) is 24.3 Å². The van der Waals surface area contributed by atoms with Crippen LogP contribution in [0.1, 0.15) is 23.1 Å². The van der Waals surface area contributed by atoms with Crippen LogP contribution in [-0.4, -0.2) is 43.7 Å². The third-order valence-corrected chi connectivity index (χ3v) is 3.26. The Labute approximate surface area is 97.1 Å². The predicted octanol–water partition coefficient (Wildman–Crippen LogP) is 0.968. The third kappa shape index (κ3) is 2.26. The third-order valence-electron chi connectivity index (χ3n) is 3.26. The van der Waals surface area contributed by atoms with Crippen molar-refractivity contribution in [2.24, 2.45) is 0 Å². The van der Waals surface area contributed by atoms with Gasteiger partial charge in [0.25, 0.3) is 0 Å². The standard InChI is InChI=1S/C13H20N2O/c1-14-7-13(16)12-6-4-3-5-11(12)10-8-15(2)9-10/h3-6,10,13-14,16H,7-9H2,1-2H3. The van der Waals surface area contributed by atoms with Gasteiger partial charge >= 0.3 is 0 Å². The van der Waals surface area contributed by atoms with Gasteiger partial charge in [-0.2, -0.15) is 0 Å². The normalized spacial score (nSPS) is 19.4. The van der Waals surface area contributed by atoms with Crippen LogP contribution < -0.4 is 5.32 Å². The highest BCUT2D eigenvalue weighted by Gasteiger charge is 2.27. The van der Waals surface area contributed by atoms with Crippen molar-refractivity contribution in [3.8, 4) is 0 Å². The van der Waals surface area contributed by atoms with Crippen molar-refractivity contribution in [2.75, 3.05) is 33.7 Å². The summed E-state index contributed by atoms with van der Waals surface area (Å²) < 4.78 is 0. The predicted molar refractivity (Wildman–Crippen MR) is 65.6 cm³/mol. The Morgan fingerprint density at radius 3 is 2.75 bits per heavy atom. The van der Waals surface area contributed by atoms with Gasteiger partial charge in [0.2, 0.25) is 0 Å². The number of rotatable bonds is 4. The summed E-state index contributed by atoms with van der Waals surface area (Å²) in [5, 5.41) is 13.1. The van der Waals surface area contributed by atoms with Gasteiger partial charge < -0.3 is 15.3 Å². The second-order valence-corrected chi connectivity index (χ2v) is 4.62. The molecule has 0 spiro atoms. The fourth-order valence-electron chi connectivity index (χ4n) is 2.39. The SMILES string of the molecule is CNCC(O)c1ccccc1C1CN(C)C1. The molecule has 3 heteroatoms. The molecule has 1 aliphatic rings. The zero-order valence-electron chi connectivity index (χ0n) is 9.98. The molecule has 1 unspecified atom stereocenters. The van der Waals surface area contributed by atoms with Crippen LogP contribution in [0, 0.1) is 0 Å². The lowest BCUT2D eigenvalue weighted by Gasteiger charge is -2.38. The van der Waals surface area contributed by atoms with E-state index < -0.39 is 6.10 Å². The van der Waals surface area contributed by atoms with E-state index in [0.717, 1.165) is 18.7 Å². The first-order valence-corrected chi connectivity index (χ1v) is 5.82. The Hall–Kier alpha value is -0.900. The number of aliphatic hydroxyl groups is 1. The quantitative estimate of drug-likeness (QED) is 0.793. The molecule has 0 aliphatic carbocycles. The van der Waals surface area contributed by atoms with Crippen LogP contribution >= 0.6 is 0 Å². The van der Waals surface area contributed by atoms with Crippen molar-refractivity contribution in [3.63, 3.8) is 0 Å². The molecule has 1 heterocycles. The zero-order valence-corrected chi connectivity index (χ0v) is 9.98. The molecular formula is C13H20N2O. The van der Waals surface area contributed by atoms with Gasteiger partial charge in [-0.3, -0.25) is 0 Å². The highest BCUT2D eigenvalue weighted by Crippen LogP contribution is 2.30.